The molecule has 0 bridgehead atoms. The maximum Gasteiger partial charge on any atom is 0.292 e. The highest BCUT2D eigenvalue weighted by Crippen LogP contribution is 2.24. The van der Waals surface area contributed by atoms with Gasteiger partial charge in [-0.05, 0) is 19.1 Å². The van der Waals surface area contributed by atoms with E-state index in [2.05, 4.69) is 9.71 Å². The number of nitrogens with one attached hydrogen (secondary N) is 1. The molecule has 0 fully saturated rings. The summed E-state index contributed by atoms with van der Waals surface area (Å²) in [5.74, 6) is 0. The van der Waals surface area contributed by atoms with Gasteiger partial charge in [0.05, 0.1) is 21.0 Å². The van der Waals surface area contributed by atoms with Gasteiger partial charge in [-0.25, -0.2) is 18.1 Å². The van der Waals surface area contributed by atoms with Crippen LogP contribution >= 0.6 is 11.3 Å². The summed E-state index contributed by atoms with van der Waals surface area (Å²) in [6.07, 6.45) is 0. The molecule has 0 amide bonds. The molecule has 0 saturated carbocycles. The lowest BCUT2D eigenvalue weighted by molar-refractivity contribution is -0.383. The smallest absolute Gasteiger partial charge is 0.292 e. The van der Waals surface area contributed by atoms with Gasteiger partial charge >= 0.3 is 0 Å². The number of hydrogen-bond donors (Lipinski definition) is 2. The number of hydrogen-bond acceptors (Lipinski definition) is 7. The van der Waals surface area contributed by atoms with Gasteiger partial charge in [0.2, 0.25) is 10.0 Å². The summed E-state index contributed by atoms with van der Waals surface area (Å²) >= 11 is 1.34. The molecule has 0 aliphatic heterocycles. The lowest BCUT2D eigenvalue weighted by atomic mass is 10.3. The molecule has 112 valence electrons. The fourth-order valence-electron chi connectivity index (χ4n) is 1.61. The first-order chi connectivity index (χ1) is 9.81. The van der Waals surface area contributed by atoms with Crippen LogP contribution in [0, 0.1) is 17.0 Å². The average molecular weight is 328 g/mol. The molecule has 0 atom stereocenters. The van der Waals surface area contributed by atoms with E-state index in [1.165, 1.54) is 11.3 Å². The minimum Gasteiger partial charge on any atom is -0.393 e. The van der Waals surface area contributed by atoms with Crippen LogP contribution in [0.3, 0.4) is 0 Å². The number of nitro benzene ring substituents is 1. The van der Waals surface area contributed by atoms with Gasteiger partial charge in [-0.3, -0.25) is 10.1 Å². The number of sulfonamides is 1. The first kappa shape index (κ1) is 15.4. The third-order valence-corrected chi connectivity index (χ3v) is 5.11. The molecule has 2 rings (SSSR count). The minimum atomic E-state index is -3.79. The second-order valence-electron chi connectivity index (χ2n) is 4.16. The standard InChI is InChI=1S/C11H12N4O4S2/c1-7-11(20-6-13-7)5-14-21(18,19)8-2-3-10(15(16)17)9(12)4-8/h2-4,6,14H,5,12H2,1H3. The molecule has 21 heavy (non-hydrogen) atoms. The first-order valence-electron chi connectivity index (χ1n) is 5.74. The Morgan fingerprint density at radius 3 is 2.71 bits per heavy atom. The number of anilines is 1. The van der Waals surface area contributed by atoms with Crippen molar-refractivity contribution in [2.24, 2.45) is 0 Å². The Labute approximate surface area is 124 Å². The molecule has 0 spiro atoms. The van der Waals surface area contributed by atoms with Crippen LogP contribution in [0.2, 0.25) is 0 Å². The van der Waals surface area contributed by atoms with E-state index >= 15 is 0 Å². The number of thiazole rings is 1. The number of benzene rings is 1. The summed E-state index contributed by atoms with van der Waals surface area (Å²) in [7, 11) is -3.79. The zero-order chi connectivity index (χ0) is 15.6. The molecule has 3 N–H and O–H groups in total. The van der Waals surface area contributed by atoms with Crippen LogP contribution in [0.5, 0.6) is 0 Å². The molecule has 2 aromatic rings. The Bertz CT molecular complexity index is 785. The maximum absolute atomic E-state index is 12.1. The van der Waals surface area contributed by atoms with Crippen molar-refractivity contribution in [2.75, 3.05) is 5.73 Å². The van der Waals surface area contributed by atoms with E-state index in [1.807, 2.05) is 0 Å². The molecule has 0 aliphatic carbocycles. The van der Waals surface area contributed by atoms with Crippen molar-refractivity contribution in [1.29, 1.82) is 0 Å². The van der Waals surface area contributed by atoms with Gasteiger partial charge in [-0.15, -0.1) is 11.3 Å². The predicted molar refractivity (Wildman–Crippen MR) is 78.4 cm³/mol. The number of nitrogens with two attached hydrogens (primary N) is 1. The molecule has 10 heteroatoms. The SMILES string of the molecule is Cc1ncsc1CNS(=O)(=O)c1ccc([N+](=O)[O-])c(N)c1. The van der Waals surface area contributed by atoms with Crippen molar-refractivity contribution in [2.45, 2.75) is 18.4 Å². The van der Waals surface area contributed by atoms with Gasteiger partial charge in [0, 0.05) is 17.5 Å². The fraction of sp³-hybridized carbons (Fsp3) is 0.182. The van der Waals surface area contributed by atoms with E-state index in [-0.39, 0.29) is 22.8 Å². The molecule has 8 nitrogen and oxygen atoms in total. The van der Waals surface area contributed by atoms with Crippen LogP contribution in [0.1, 0.15) is 10.6 Å². The van der Waals surface area contributed by atoms with Crippen molar-refractivity contribution in [3.05, 3.63) is 44.4 Å². The Kier molecular flexibility index (Phi) is 4.21. The third kappa shape index (κ3) is 3.35. The molecular formula is C11H12N4O4S2. The summed E-state index contributed by atoms with van der Waals surface area (Å²) in [6, 6.07) is 3.29. The third-order valence-electron chi connectivity index (χ3n) is 2.77. The topological polar surface area (TPSA) is 128 Å². The number of rotatable bonds is 5. The Morgan fingerprint density at radius 1 is 1.48 bits per heavy atom. The zero-order valence-corrected chi connectivity index (χ0v) is 12.6. The van der Waals surface area contributed by atoms with Crippen LogP contribution in [-0.2, 0) is 16.6 Å². The Morgan fingerprint density at radius 2 is 2.19 bits per heavy atom. The van der Waals surface area contributed by atoms with Crippen LogP contribution in [0.4, 0.5) is 11.4 Å². The van der Waals surface area contributed by atoms with E-state index in [4.69, 9.17) is 5.73 Å². The number of nitrogen functional groups attached to an aromatic ring is 1. The van der Waals surface area contributed by atoms with Crippen LogP contribution in [0.25, 0.3) is 0 Å². The Hall–Kier alpha value is -2.04. The highest BCUT2D eigenvalue weighted by Gasteiger charge is 2.19. The number of nitro groups is 1. The quantitative estimate of drug-likeness (QED) is 0.485. The van der Waals surface area contributed by atoms with Gasteiger partial charge in [0.15, 0.2) is 0 Å². The summed E-state index contributed by atoms with van der Waals surface area (Å²) in [4.78, 5) is 14.7. The zero-order valence-electron chi connectivity index (χ0n) is 10.9. The van der Waals surface area contributed by atoms with Crippen molar-refractivity contribution in [3.8, 4) is 0 Å². The van der Waals surface area contributed by atoms with Crippen molar-refractivity contribution < 1.29 is 13.3 Å². The van der Waals surface area contributed by atoms with Crippen LogP contribution in [-0.4, -0.2) is 18.3 Å². The first-order valence-corrected chi connectivity index (χ1v) is 8.10. The molecular weight excluding hydrogens is 316 g/mol. The Balaban J connectivity index is 2.22. The van der Waals surface area contributed by atoms with Crippen molar-refractivity contribution in [3.63, 3.8) is 0 Å². The predicted octanol–water partition coefficient (Wildman–Crippen LogP) is 1.42. The van der Waals surface area contributed by atoms with Gasteiger partial charge in [-0.2, -0.15) is 0 Å². The summed E-state index contributed by atoms with van der Waals surface area (Å²) in [5, 5.41) is 10.7. The van der Waals surface area contributed by atoms with E-state index in [0.29, 0.717) is 0 Å². The van der Waals surface area contributed by atoms with Gasteiger partial charge < -0.3 is 5.73 Å². The molecule has 0 unspecified atom stereocenters. The normalized spacial score (nSPS) is 11.5. The van der Waals surface area contributed by atoms with Gasteiger partial charge in [0.25, 0.3) is 5.69 Å². The lowest BCUT2D eigenvalue weighted by Crippen LogP contribution is -2.23. The van der Waals surface area contributed by atoms with E-state index < -0.39 is 14.9 Å². The fourth-order valence-corrected chi connectivity index (χ4v) is 3.44. The van der Waals surface area contributed by atoms with Gasteiger partial charge in [0.1, 0.15) is 5.69 Å². The second kappa shape index (κ2) is 5.76. The minimum absolute atomic E-state index is 0.107. The molecule has 1 aromatic heterocycles. The summed E-state index contributed by atoms with van der Waals surface area (Å²) in [6.45, 7) is 1.89. The summed E-state index contributed by atoms with van der Waals surface area (Å²) in [5.41, 5.74) is 7.35. The van der Waals surface area contributed by atoms with Gasteiger partial charge in [-0.1, -0.05) is 0 Å². The van der Waals surface area contributed by atoms with E-state index in [1.54, 1.807) is 12.4 Å². The molecule has 0 aliphatic rings. The number of aromatic nitrogens is 1. The molecule has 1 aromatic carbocycles. The average Bonchev–Trinajstić information content (AvgIpc) is 2.81. The monoisotopic (exact) mass is 328 g/mol. The molecule has 1 heterocycles. The lowest BCUT2D eigenvalue weighted by Gasteiger charge is -2.07. The van der Waals surface area contributed by atoms with Crippen molar-refractivity contribution >= 4 is 32.7 Å². The highest BCUT2D eigenvalue weighted by molar-refractivity contribution is 7.89. The van der Waals surface area contributed by atoms with Crippen molar-refractivity contribution in [1.82, 2.24) is 9.71 Å². The van der Waals surface area contributed by atoms with E-state index in [9.17, 15) is 18.5 Å². The molecule has 0 radical (unpaired) electrons. The van der Waals surface area contributed by atoms with E-state index in [0.717, 1.165) is 28.8 Å². The highest BCUT2D eigenvalue weighted by atomic mass is 32.2. The second-order valence-corrected chi connectivity index (χ2v) is 6.87. The van der Waals surface area contributed by atoms with Crippen LogP contribution < -0.4 is 10.5 Å². The summed E-state index contributed by atoms with van der Waals surface area (Å²) < 4.78 is 26.7. The largest absolute Gasteiger partial charge is 0.393 e. The van der Waals surface area contributed by atoms with Crippen LogP contribution in [0.15, 0.2) is 28.6 Å². The molecule has 0 saturated heterocycles. The number of aryl methyl sites for hydroxylation is 1. The maximum atomic E-state index is 12.1. The number of nitrogens with zero attached hydrogens (tertiary/aromatic N) is 2.